The van der Waals surface area contributed by atoms with Gasteiger partial charge in [-0.25, -0.2) is 0 Å². The molecule has 0 saturated heterocycles. The van der Waals surface area contributed by atoms with Crippen molar-refractivity contribution >= 4 is 17.5 Å². The van der Waals surface area contributed by atoms with Crippen LogP contribution in [0.1, 0.15) is 12.8 Å². The molecule has 0 aromatic heterocycles. The molecule has 3 atom stereocenters. The molecule has 3 N–H and O–H groups in total. The highest BCUT2D eigenvalue weighted by molar-refractivity contribution is 6.39. The van der Waals surface area contributed by atoms with Gasteiger partial charge in [0.1, 0.15) is 5.75 Å². The molecular formula is C16H18N2O3. The lowest BCUT2D eigenvalue weighted by atomic mass is 9.94. The van der Waals surface area contributed by atoms with Crippen LogP contribution in [0.4, 0.5) is 5.69 Å². The lowest BCUT2D eigenvalue weighted by molar-refractivity contribution is -0.136. The predicted molar refractivity (Wildman–Crippen MR) is 78.6 cm³/mol. The number of phenols is 1. The minimum absolute atomic E-state index is 0.113. The second kappa shape index (κ2) is 5.60. The molecule has 0 spiro atoms. The molecule has 21 heavy (non-hydrogen) atoms. The molecule has 1 aromatic rings. The maximum Gasteiger partial charge on any atom is 0.313 e. The van der Waals surface area contributed by atoms with Crippen molar-refractivity contribution in [2.45, 2.75) is 12.8 Å². The average molecular weight is 286 g/mol. The molecule has 0 aliphatic heterocycles. The van der Waals surface area contributed by atoms with Crippen LogP contribution in [-0.4, -0.2) is 23.5 Å². The molecule has 2 aliphatic carbocycles. The molecule has 1 fully saturated rings. The first-order valence-electron chi connectivity index (χ1n) is 7.18. The van der Waals surface area contributed by atoms with Crippen molar-refractivity contribution in [3.63, 3.8) is 0 Å². The molecular weight excluding hydrogens is 268 g/mol. The minimum Gasteiger partial charge on any atom is -0.508 e. The van der Waals surface area contributed by atoms with Gasteiger partial charge >= 0.3 is 11.8 Å². The first kappa shape index (κ1) is 13.7. The van der Waals surface area contributed by atoms with Crippen LogP contribution in [0.2, 0.25) is 0 Å². The molecule has 0 radical (unpaired) electrons. The zero-order chi connectivity index (χ0) is 14.8. The topological polar surface area (TPSA) is 78.4 Å². The lowest BCUT2D eigenvalue weighted by Gasteiger charge is -2.18. The number of aromatic hydroxyl groups is 1. The molecule has 1 aromatic carbocycles. The summed E-state index contributed by atoms with van der Waals surface area (Å²) in [5.74, 6) is 0.472. The molecule has 110 valence electrons. The first-order chi connectivity index (χ1) is 10.1. The average Bonchev–Trinajstić information content (AvgIpc) is 3.09. The smallest absolute Gasteiger partial charge is 0.313 e. The van der Waals surface area contributed by atoms with E-state index in [-0.39, 0.29) is 5.75 Å². The maximum atomic E-state index is 11.8. The quantitative estimate of drug-likeness (QED) is 0.449. The number of amides is 2. The van der Waals surface area contributed by atoms with E-state index in [9.17, 15) is 9.59 Å². The second-order valence-corrected chi connectivity index (χ2v) is 5.75. The van der Waals surface area contributed by atoms with Gasteiger partial charge in [-0.3, -0.25) is 9.59 Å². The fraction of sp³-hybridized carbons (Fsp3) is 0.375. The summed E-state index contributed by atoms with van der Waals surface area (Å²) in [5.41, 5.74) is 0.482. The summed E-state index contributed by atoms with van der Waals surface area (Å²) >= 11 is 0. The van der Waals surface area contributed by atoms with Crippen molar-refractivity contribution in [1.29, 1.82) is 0 Å². The van der Waals surface area contributed by atoms with Gasteiger partial charge in [0, 0.05) is 12.2 Å². The number of anilines is 1. The summed E-state index contributed by atoms with van der Waals surface area (Å²) in [6, 6.07) is 5.99. The van der Waals surface area contributed by atoms with Gasteiger partial charge in [-0.15, -0.1) is 0 Å². The second-order valence-electron chi connectivity index (χ2n) is 5.75. The Morgan fingerprint density at radius 2 is 1.86 bits per heavy atom. The lowest BCUT2D eigenvalue weighted by Crippen LogP contribution is -2.38. The molecule has 2 amide bonds. The van der Waals surface area contributed by atoms with Gasteiger partial charge in [-0.2, -0.15) is 0 Å². The van der Waals surface area contributed by atoms with E-state index in [4.69, 9.17) is 5.11 Å². The Bertz CT molecular complexity index is 580. The standard InChI is InChI=1S/C16H18N2O3/c19-14-5-3-13(4-6-14)18-16(21)15(20)17-9-12-8-10-1-2-11(12)7-10/h1-6,10-12,19H,7-9H2,(H,17,20)(H,18,21)/t10-,11-,12-/m0/s1. The van der Waals surface area contributed by atoms with E-state index in [1.54, 1.807) is 12.1 Å². The Hall–Kier alpha value is -2.30. The molecule has 0 unspecified atom stereocenters. The third-order valence-corrected chi connectivity index (χ3v) is 4.27. The SMILES string of the molecule is O=C(NC[C@@H]1C[C@H]2C=C[C@H]1C2)C(=O)Nc1ccc(O)cc1. The third-order valence-electron chi connectivity index (χ3n) is 4.27. The van der Waals surface area contributed by atoms with Crippen LogP contribution >= 0.6 is 0 Å². The van der Waals surface area contributed by atoms with E-state index in [1.165, 1.54) is 18.6 Å². The Kier molecular flexibility index (Phi) is 3.64. The van der Waals surface area contributed by atoms with Gasteiger partial charge in [-0.05, 0) is 54.9 Å². The van der Waals surface area contributed by atoms with Crippen molar-refractivity contribution < 1.29 is 14.7 Å². The van der Waals surface area contributed by atoms with Crippen molar-refractivity contribution in [3.05, 3.63) is 36.4 Å². The number of benzene rings is 1. The number of phenolic OH excluding ortho intramolecular Hbond substituents is 1. The summed E-state index contributed by atoms with van der Waals surface area (Å²) in [4.78, 5) is 23.5. The summed E-state index contributed by atoms with van der Waals surface area (Å²) in [5, 5.41) is 14.4. The Morgan fingerprint density at radius 3 is 2.48 bits per heavy atom. The number of hydrogen-bond acceptors (Lipinski definition) is 3. The zero-order valence-corrected chi connectivity index (χ0v) is 11.6. The van der Waals surface area contributed by atoms with Gasteiger partial charge in [0.15, 0.2) is 0 Å². The first-order valence-corrected chi connectivity index (χ1v) is 7.18. The summed E-state index contributed by atoms with van der Waals surface area (Å²) in [7, 11) is 0. The van der Waals surface area contributed by atoms with Crippen LogP contribution in [0, 0.1) is 17.8 Å². The zero-order valence-electron chi connectivity index (χ0n) is 11.6. The van der Waals surface area contributed by atoms with Crippen LogP contribution < -0.4 is 10.6 Å². The number of hydrogen-bond donors (Lipinski definition) is 3. The van der Waals surface area contributed by atoms with E-state index in [0.29, 0.717) is 30.0 Å². The van der Waals surface area contributed by atoms with Gasteiger partial charge in [0.25, 0.3) is 0 Å². The van der Waals surface area contributed by atoms with Gasteiger partial charge < -0.3 is 15.7 Å². The highest BCUT2D eigenvalue weighted by Crippen LogP contribution is 2.42. The number of carbonyl (C=O) groups is 2. The maximum absolute atomic E-state index is 11.8. The van der Waals surface area contributed by atoms with E-state index in [1.807, 2.05) is 0 Å². The monoisotopic (exact) mass is 286 g/mol. The van der Waals surface area contributed by atoms with Crippen LogP contribution in [0.5, 0.6) is 5.75 Å². The molecule has 0 heterocycles. The Morgan fingerprint density at radius 1 is 1.10 bits per heavy atom. The van der Waals surface area contributed by atoms with Crippen molar-refractivity contribution in [2.24, 2.45) is 17.8 Å². The molecule has 2 bridgehead atoms. The number of rotatable bonds is 3. The fourth-order valence-corrected chi connectivity index (χ4v) is 3.17. The highest BCUT2D eigenvalue weighted by Gasteiger charge is 2.35. The van der Waals surface area contributed by atoms with Crippen molar-refractivity contribution in [1.82, 2.24) is 5.32 Å². The van der Waals surface area contributed by atoms with E-state index < -0.39 is 11.8 Å². The van der Waals surface area contributed by atoms with Crippen LogP contribution in [0.25, 0.3) is 0 Å². The van der Waals surface area contributed by atoms with Crippen LogP contribution in [0.3, 0.4) is 0 Å². The molecule has 1 saturated carbocycles. The fourth-order valence-electron chi connectivity index (χ4n) is 3.17. The molecule has 2 aliphatic rings. The number of fused-ring (bicyclic) bond motifs is 2. The number of carbonyl (C=O) groups excluding carboxylic acids is 2. The normalized spacial score (nSPS) is 25.8. The van der Waals surface area contributed by atoms with Gasteiger partial charge in [0.05, 0.1) is 0 Å². The molecule has 3 rings (SSSR count). The van der Waals surface area contributed by atoms with Gasteiger partial charge in [0.2, 0.25) is 0 Å². The van der Waals surface area contributed by atoms with E-state index in [0.717, 1.165) is 6.42 Å². The summed E-state index contributed by atoms with van der Waals surface area (Å²) in [6.45, 7) is 0.549. The molecule has 5 heteroatoms. The van der Waals surface area contributed by atoms with E-state index in [2.05, 4.69) is 22.8 Å². The number of nitrogens with one attached hydrogen (secondary N) is 2. The summed E-state index contributed by atoms with van der Waals surface area (Å²) < 4.78 is 0. The third kappa shape index (κ3) is 3.07. The van der Waals surface area contributed by atoms with Crippen molar-refractivity contribution in [2.75, 3.05) is 11.9 Å². The Labute approximate surface area is 123 Å². The Balaban J connectivity index is 1.47. The minimum atomic E-state index is -0.681. The van der Waals surface area contributed by atoms with Crippen LogP contribution in [-0.2, 0) is 9.59 Å². The predicted octanol–water partition coefficient (Wildman–Crippen LogP) is 1.66. The molecule has 5 nitrogen and oxygen atoms in total. The van der Waals surface area contributed by atoms with Crippen molar-refractivity contribution in [3.8, 4) is 5.75 Å². The summed E-state index contributed by atoms with van der Waals surface area (Å²) in [6.07, 6.45) is 6.75. The highest BCUT2D eigenvalue weighted by atomic mass is 16.3. The largest absolute Gasteiger partial charge is 0.508 e. The van der Waals surface area contributed by atoms with Gasteiger partial charge in [-0.1, -0.05) is 12.2 Å². The number of allylic oxidation sites excluding steroid dienone is 2. The van der Waals surface area contributed by atoms with Crippen LogP contribution in [0.15, 0.2) is 36.4 Å². The van der Waals surface area contributed by atoms with E-state index >= 15 is 0 Å².